The number of hydrogen-bond donors (Lipinski definition) is 4. The number of hydrogen-bond acceptors (Lipinski definition) is 18. The Kier molecular flexibility index (Phi) is 11.0. The molecule has 8 atom stereocenters. The van der Waals surface area contributed by atoms with Crippen molar-refractivity contribution < 1.29 is 52.3 Å². The standard InChI is InChI=1S/C25H34N7O13PS/c1-12(2)42-25(37)40-11-47-46(38,45-19-14(7-33)44-23(20(19)39-3)31-5-4-16(35)30-24(31)36)41-8-15-13(34)6-17(43-15)32-10-29-18-21(26)27-9-28-22(18)32/h4-5,9-10,12-15,17,19-20,23,33-34H,6-8,11H2,1-3H3,(H2,26,27,28)(H,30,35,36)/t13-,14-,15-,17-,19+,20+,23?,46-/m1/s1. The van der Waals surface area contributed by atoms with Gasteiger partial charge < -0.3 is 39.6 Å². The van der Waals surface area contributed by atoms with Crippen molar-refractivity contribution in [2.75, 3.05) is 32.0 Å². The highest BCUT2D eigenvalue weighted by molar-refractivity contribution is 8.55. The SMILES string of the molecule is CO[C@@H]1C(n2ccc(=O)[nH]c2=O)O[C@H](CO)[C@@H]1O[P@@](=O)(OC[C@H]1O[C@@H](n2cnc3c(N)ncnc32)C[C@H]1O)SCOC(=O)OC(C)C. The second kappa shape index (κ2) is 14.8. The molecule has 5 rings (SSSR count). The van der Waals surface area contributed by atoms with E-state index in [4.69, 9.17) is 38.5 Å². The van der Waals surface area contributed by atoms with Crippen LogP contribution in [-0.2, 0) is 37.3 Å². The molecule has 0 aromatic carbocycles. The molecule has 0 spiro atoms. The average molecular weight is 704 g/mol. The molecule has 22 heteroatoms. The molecule has 20 nitrogen and oxygen atoms in total. The van der Waals surface area contributed by atoms with Gasteiger partial charge in [0.05, 0.1) is 31.7 Å². The summed E-state index contributed by atoms with van der Waals surface area (Å²) in [4.78, 5) is 50.5. The van der Waals surface area contributed by atoms with Crippen LogP contribution in [0.4, 0.5) is 10.6 Å². The van der Waals surface area contributed by atoms with Crippen molar-refractivity contribution in [3.05, 3.63) is 45.8 Å². The smallest absolute Gasteiger partial charge is 0.432 e. The van der Waals surface area contributed by atoms with Crippen molar-refractivity contribution in [3.63, 3.8) is 0 Å². The monoisotopic (exact) mass is 703 g/mol. The predicted octanol–water partition coefficient (Wildman–Crippen LogP) is 0.274. The van der Waals surface area contributed by atoms with Crippen molar-refractivity contribution in [2.24, 2.45) is 0 Å². The van der Waals surface area contributed by atoms with Crippen LogP contribution in [0.3, 0.4) is 0 Å². The molecule has 2 saturated heterocycles. The van der Waals surface area contributed by atoms with Gasteiger partial charge in [0, 0.05) is 37.2 Å². The summed E-state index contributed by atoms with van der Waals surface area (Å²) in [6.45, 7) is -2.26. The van der Waals surface area contributed by atoms with Gasteiger partial charge in [-0.05, 0) is 13.8 Å². The van der Waals surface area contributed by atoms with E-state index in [2.05, 4.69) is 19.9 Å². The number of nitrogens with two attached hydrogens (primary N) is 1. The molecular formula is C25H34N7O13PS. The zero-order chi connectivity index (χ0) is 33.9. The Morgan fingerprint density at radius 3 is 2.70 bits per heavy atom. The number of aliphatic hydroxyl groups is 2. The Morgan fingerprint density at radius 1 is 1.21 bits per heavy atom. The summed E-state index contributed by atoms with van der Waals surface area (Å²) in [6.07, 6.45) is -5.23. The summed E-state index contributed by atoms with van der Waals surface area (Å²) in [5.41, 5.74) is 5.13. The van der Waals surface area contributed by atoms with Gasteiger partial charge in [-0.3, -0.25) is 28.0 Å². The van der Waals surface area contributed by atoms with E-state index in [9.17, 15) is 29.2 Å². The number of imidazole rings is 1. The topological polar surface area (TPSA) is 264 Å². The van der Waals surface area contributed by atoms with E-state index in [0.29, 0.717) is 22.5 Å². The summed E-state index contributed by atoms with van der Waals surface area (Å²) >= 11 is 0.476. The molecular weight excluding hydrogens is 669 g/mol. The van der Waals surface area contributed by atoms with Crippen LogP contribution in [0.1, 0.15) is 32.7 Å². The van der Waals surface area contributed by atoms with E-state index in [0.717, 1.165) is 10.6 Å². The largest absolute Gasteiger partial charge is 0.509 e. The first-order valence-electron chi connectivity index (χ1n) is 14.2. The number of anilines is 1. The second-order valence-corrected chi connectivity index (χ2v) is 14.6. The third kappa shape index (κ3) is 7.85. The third-order valence-corrected chi connectivity index (χ3v) is 10.5. The van der Waals surface area contributed by atoms with Crippen molar-refractivity contribution in [3.8, 4) is 0 Å². The number of aliphatic hydroxyl groups excluding tert-OH is 2. The molecule has 5 N–H and O–H groups in total. The van der Waals surface area contributed by atoms with Crippen molar-refractivity contribution >= 4 is 41.3 Å². The van der Waals surface area contributed by atoms with Gasteiger partial charge >= 0.3 is 18.6 Å². The Morgan fingerprint density at radius 2 is 2.00 bits per heavy atom. The minimum Gasteiger partial charge on any atom is -0.432 e. The predicted molar refractivity (Wildman–Crippen MR) is 161 cm³/mol. The highest BCUT2D eigenvalue weighted by Crippen LogP contribution is 2.63. The van der Waals surface area contributed by atoms with Crippen LogP contribution in [-0.4, -0.2) is 108 Å². The molecule has 0 amide bonds. The van der Waals surface area contributed by atoms with Crippen LogP contribution in [0.15, 0.2) is 34.5 Å². The number of fused-ring (bicyclic) bond motifs is 1. The third-order valence-electron chi connectivity index (χ3n) is 7.13. The lowest BCUT2D eigenvalue weighted by molar-refractivity contribution is -0.0625. The molecule has 0 aliphatic carbocycles. The van der Waals surface area contributed by atoms with E-state index in [1.165, 1.54) is 26.0 Å². The van der Waals surface area contributed by atoms with Crippen molar-refractivity contribution in [1.82, 2.24) is 29.1 Å². The molecule has 0 saturated carbocycles. The molecule has 47 heavy (non-hydrogen) atoms. The molecule has 0 bridgehead atoms. The van der Waals surface area contributed by atoms with Gasteiger partial charge in [-0.2, -0.15) is 0 Å². The lowest BCUT2D eigenvalue weighted by atomic mass is 10.1. The van der Waals surface area contributed by atoms with Gasteiger partial charge in [0.1, 0.15) is 42.5 Å². The van der Waals surface area contributed by atoms with Gasteiger partial charge in [0.15, 0.2) is 23.6 Å². The Hall–Kier alpha value is -3.40. The molecule has 3 aromatic heterocycles. The van der Waals surface area contributed by atoms with Crippen LogP contribution in [0, 0.1) is 0 Å². The Bertz CT molecular complexity index is 1720. The fourth-order valence-electron chi connectivity index (χ4n) is 4.98. The zero-order valence-corrected chi connectivity index (χ0v) is 27.0. The molecule has 258 valence electrons. The number of carbonyl (C=O) groups is 1. The summed E-state index contributed by atoms with van der Waals surface area (Å²) in [7, 11) is 1.28. The van der Waals surface area contributed by atoms with Crippen LogP contribution >= 0.6 is 18.2 Å². The first-order valence-corrected chi connectivity index (χ1v) is 17.3. The van der Waals surface area contributed by atoms with Crippen LogP contribution in [0.5, 0.6) is 0 Å². The number of H-pyrrole nitrogens is 1. The van der Waals surface area contributed by atoms with E-state index in [1.807, 2.05) is 0 Å². The van der Waals surface area contributed by atoms with Gasteiger partial charge in [0.2, 0.25) is 0 Å². The van der Waals surface area contributed by atoms with Gasteiger partial charge in [-0.25, -0.2) is 29.1 Å². The van der Waals surface area contributed by atoms with E-state index >= 15 is 0 Å². The molecule has 2 aliphatic heterocycles. The lowest BCUT2D eigenvalue weighted by Gasteiger charge is -2.28. The molecule has 3 aromatic rings. The maximum atomic E-state index is 14.2. The molecule has 2 fully saturated rings. The number of carbonyl (C=O) groups excluding carboxylic acids is 1. The van der Waals surface area contributed by atoms with Crippen LogP contribution < -0.4 is 17.0 Å². The second-order valence-electron chi connectivity index (χ2n) is 10.6. The fraction of sp³-hybridized carbons (Fsp3) is 0.600. The maximum absolute atomic E-state index is 14.2. The normalized spacial score (nSPS) is 27.3. The van der Waals surface area contributed by atoms with Gasteiger partial charge in [-0.1, -0.05) is 0 Å². The van der Waals surface area contributed by atoms with Crippen LogP contribution in [0.25, 0.3) is 11.2 Å². The molecule has 2 aliphatic rings. The minimum absolute atomic E-state index is 0.0935. The average Bonchev–Trinajstić information content (AvgIpc) is 3.71. The summed E-state index contributed by atoms with van der Waals surface area (Å²) in [5, 5.41) is 20.9. The maximum Gasteiger partial charge on any atom is 0.509 e. The zero-order valence-electron chi connectivity index (χ0n) is 25.3. The highest BCUT2D eigenvalue weighted by atomic mass is 32.7. The highest BCUT2D eigenvalue weighted by Gasteiger charge is 2.51. The quantitative estimate of drug-likeness (QED) is 0.106. The lowest BCUT2D eigenvalue weighted by Crippen LogP contribution is -2.39. The van der Waals surface area contributed by atoms with Crippen molar-refractivity contribution in [1.29, 1.82) is 0 Å². The molecule has 0 radical (unpaired) electrons. The fourth-order valence-corrected chi connectivity index (χ4v) is 7.77. The first-order chi connectivity index (χ1) is 22.4. The molecule has 1 unspecified atom stereocenters. The summed E-state index contributed by atoms with van der Waals surface area (Å²) < 4.78 is 55.8. The summed E-state index contributed by atoms with van der Waals surface area (Å²) in [6, 6.07) is 1.09. The number of ether oxygens (including phenoxy) is 5. The number of rotatable bonds is 13. The number of nitrogen functional groups attached to an aromatic ring is 1. The number of aromatic nitrogens is 6. The van der Waals surface area contributed by atoms with Crippen LogP contribution in [0.2, 0.25) is 0 Å². The van der Waals surface area contributed by atoms with E-state index in [1.54, 1.807) is 18.4 Å². The van der Waals surface area contributed by atoms with Gasteiger partial charge in [0.25, 0.3) is 5.56 Å². The number of aromatic amines is 1. The first kappa shape index (κ1) is 34.9. The molecule has 5 heterocycles. The Balaban J connectivity index is 1.34. The minimum atomic E-state index is -4.38. The number of methoxy groups -OCH3 is 1. The number of nitrogens with one attached hydrogen (secondary N) is 1. The summed E-state index contributed by atoms with van der Waals surface area (Å²) in [5.74, 6) is -0.375. The number of nitrogens with zero attached hydrogens (tertiary/aromatic N) is 5. The van der Waals surface area contributed by atoms with E-state index < -0.39 is 92.4 Å². The van der Waals surface area contributed by atoms with Gasteiger partial charge in [-0.15, -0.1) is 0 Å². The van der Waals surface area contributed by atoms with E-state index in [-0.39, 0.29) is 12.2 Å². The van der Waals surface area contributed by atoms with Crippen molar-refractivity contribution in [2.45, 2.75) is 69.3 Å². The Labute approximate surface area is 269 Å².